The highest BCUT2D eigenvalue weighted by Crippen LogP contribution is 2.70. The van der Waals surface area contributed by atoms with E-state index in [4.69, 9.17) is 14.7 Å². The van der Waals surface area contributed by atoms with Gasteiger partial charge in [-0.05, 0) is 6.08 Å². The van der Waals surface area contributed by atoms with Crippen LogP contribution in [0.4, 0.5) is 0 Å². The van der Waals surface area contributed by atoms with Crippen LogP contribution in [-0.4, -0.2) is 37.3 Å². The Morgan fingerprint density at radius 2 is 1.82 bits per heavy atom. The van der Waals surface area contributed by atoms with Crippen molar-refractivity contribution >= 4 is 21.8 Å². The van der Waals surface area contributed by atoms with Crippen LogP contribution in [0.3, 0.4) is 0 Å². The molecule has 17 heavy (non-hydrogen) atoms. The number of aliphatic hydroxyl groups is 1. The van der Waals surface area contributed by atoms with Crippen molar-refractivity contribution in [1.29, 1.82) is 0 Å². The topological polar surface area (TPSA) is 179 Å². The number of carbonyl (C=O) groups is 1. The molecule has 1 amide bonds. The molecule has 0 spiro atoms. The molecule has 0 saturated carbocycles. The van der Waals surface area contributed by atoms with Crippen molar-refractivity contribution in [3.63, 3.8) is 0 Å². The molecule has 1 atom stereocenters. The van der Waals surface area contributed by atoms with Crippen molar-refractivity contribution in [2.45, 2.75) is 11.5 Å². The Kier molecular flexibility index (Phi) is 5.55. The molecule has 0 aromatic carbocycles. The van der Waals surface area contributed by atoms with Gasteiger partial charge in [-0.3, -0.25) is 9.69 Å². The minimum atomic E-state index is -5.71. The fourth-order valence-electron chi connectivity index (χ4n) is 0.877. The zero-order valence-electron chi connectivity index (χ0n) is 8.51. The normalized spacial score (nSPS) is 16.2. The van der Waals surface area contributed by atoms with Crippen LogP contribution in [0.25, 0.3) is 0 Å². The molecule has 0 rings (SSSR count). The van der Waals surface area contributed by atoms with Gasteiger partial charge in [0.05, 0.1) is 6.42 Å². The van der Waals surface area contributed by atoms with E-state index in [0.29, 0.717) is 0 Å². The molecule has 0 heterocycles. The Balaban J connectivity index is 4.76. The van der Waals surface area contributed by atoms with Crippen molar-refractivity contribution in [2.24, 2.45) is 0 Å². The van der Waals surface area contributed by atoms with E-state index in [2.05, 4.69) is 6.58 Å². The molecular weight excluding hydrogens is 276 g/mol. The smallest absolute Gasteiger partial charge is 0.342 e. The summed E-state index contributed by atoms with van der Waals surface area (Å²) in [5, 5.41) is 7.69. The Bertz CT molecular complexity index is 281. The molecule has 0 aliphatic carbocycles. The van der Waals surface area contributed by atoms with Gasteiger partial charge in [0.25, 0.3) is 0 Å². The number of amides is 1. The van der Waals surface area contributed by atoms with Gasteiger partial charge < -0.3 is 25.1 Å². The first-order valence-electron chi connectivity index (χ1n) is 4.18. The zero-order valence-corrected chi connectivity index (χ0v) is 10.3. The Hall–Kier alpha value is -0.210. The zero-order chi connectivity index (χ0) is 13.9. The highest BCUT2D eigenvalue weighted by molar-refractivity contribution is 7.76. The maximum Gasteiger partial charge on any atom is 0.342 e. The molecule has 9 nitrogen and oxygen atoms in total. The van der Waals surface area contributed by atoms with E-state index in [9.17, 15) is 24.6 Å². The summed E-state index contributed by atoms with van der Waals surface area (Å²) < 4.78 is 0. The first-order valence-corrected chi connectivity index (χ1v) is 7.37. The highest BCUT2D eigenvalue weighted by atomic mass is 31.3. The predicted octanol–water partition coefficient (Wildman–Crippen LogP) is -4.09. The molecule has 0 aromatic rings. The molecule has 1 unspecified atom stereocenters. The van der Waals surface area contributed by atoms with E-state index < -0.39 is 39.8 Å². The third kappa shape index (κ3) is 4.18. The number of hydrogen-bond acceptors (Lipinski definition) is 8. The average molecular weight is 288 g/mol. The molecule has 100 valence electrons. The van der Waals surface area contributed by atoms with E-state index >= 15 is 0 Å². The summed E-state index contributed by atoms with van der Waals surface area (Å²) >= 11 is 0. The van der Waals surface area contributed by atoms with Gasteiger partial charge in [0, 0.05) is 6.54 Å². The van der Waals surface area contributed by atoms with Crippen LogP contribution in [0.2, 0.25) is 0 Å². The van der Waals surface area contributed by atoms with Gasteiger partial charge in [0.15, 0.2) is 0 Å². The van der Waals surface area contributed by atoms with Crippen molar-refractivity contribution in [1.82, 2.24) is 5.32 Å². The lowest BCUT2D eigenvalue weighted by molar-refractivity contribution is -0.347. The molecule has 0 radical (unpaired) electrons. The van der Waals surface area contributed by atoms with E-state index in [1.54, 1.807) is 0 Å². The first kappa shape index (κ1) is 16.8. The van der Waals surface area contributed by atoms with Crippen LogP contribution in [-0.2, 0) is 4.79 Å². The third-order valence-electron chi connectivity index (χ3n) is 1.86. The largest absolute Gasteiger partial charge is 0.654 e. The van der Waals surface area contributed by atoms with Crippen LogP contribution < -0.4 is 20.0 Å². The third-order valence-corrected chi connectivity index (χ3v) is 5.69. The Morgan fingerprint density at radius 3 is 2.12 bits per heavy atom. The summed E-state index contributed by atoms with van der Waals surface area (Å²) in [5.41, 5.74) is 0. The molecule has 0 saturated heterocycles. The average Bonchev–Trinajstić information content (AvgIpc) is 2.13. The molecule has 0 aliphatic rings. The lowest BCUT2D eigenvalue weighted by Gasteiger charge is -2.43. The first-order chi connectivity index (χ1) is 7.45. The van der Waals surface area contributed by atoms with Crippen LogP contribution in [0.1, 0.15) is 6.42 Å². The molecule has 0 aliphatic heterocycles. The number of hydrogen-bond donors (Lipinski definition) is 5. The number of nitrogens with one attached hydrogen (secondary N) is 1. The van der Waals surface area contributed by atoms with Crippen LogP contribution >= 0.6 is 15.9 Å². The van der Waals surface area contributed by atoms with E-state index in [1.165, 1.54) is 0 Å². The summed E-state index contributed by atoms with van der Waals surface area (Å²) in [5.74, 6) is -0.725. The Labute approximate surface area is 97.8 Å². The summed E-state index contributed by atoms with van der Waals surface area (Å²) in [6, 6.07) is 0. The van der Waals surface area contributed by atoms with E-state index in [-0.39, 0.29) is 0 Å². The van der Waals surface area contributed by atoms with Gasteiger partial charge in [-0.25, -0.2) is 9.79 Å². The minimum Gasteiger partial charge on any atom is -0.654 e. The summed E-state index contributed by atoms with van der Waals surface area (Å²) in [6.45, 7) is 2.51. The van der Waals surface area contributed by atoms with Gasteiger partial charge in [-0.2, -0.15) is 0 Å². The fourth-order valence-corrected chi connectivity index (χ4v) is 2.99. The summed E-state index contributed by atoms with van der Waals surface area (Å²) in [7, 11) is -11.2. The molecule has 11 heteroatoms. The Morgan fingerprint density at radius 1 is 1.35 bits per heavy atom. The van der Waals surface area contributed by atoms with E-state index in [0.717, 1.165) is 6.08 Å². The summed E-state index contributed by atoms with van der Waals surface area (Å²) in [6.07, 6.45) is -0.222. The van der Waals surface area contributed by atoms with Gasteiger partial charge in [0.2, 0.25) is 5.91 Å². The second-order valence-corrected chi connectivity index (χ2v) is 7.05. The van der Waals surface area contributed by atoms with Crippen molar-refractivity contribution in [3.8, 4) is 0 Å². The van der Waals surface area contributed by atoms with Crippen LogP contribution in [0.5, 0.6) is 0 Å². The van der Waals surface area contributed by atoms with Gasteiger partial charge in [0.1, 0.15) is 7.94 Å². The summed E-state index contributed by atoms with van der Waals surface area (Å²) in [4.78, 5) is 69.0. The fraction of sp³-hybridized carbons (Fsp3) is 0.500. The molecule has 0 aromatic heterocycles. The molecule has 0 bridgehead atoms. The van der Waals surface area contributed by atoms with E-state index in [1.807, 2.05) is 5.32 Å². The van der Waals surface area contributed by atoms with Crippen molar-refractivity contribution in [2.75, 3.05) is 6.54 Å². The van der Waals surface area contributed by atoms with Crippen LogP contribution in [0.15, 0.2) is 12.7 Å². The predicted molar refractivity (Wildman–Crippen MR) is 53.3 cm³/mol. The standard InChI is InChI=1S/C6H13NO8P2/c1-2-5(8)7-4-3-6(9,16(10,11)12)17(13,14)15/h2,9H,1,3-4H2,(H,7,8)(H2,10,11,12)(H2,13,14,15)/p-1. The van der Waals surface area contributed by atoms with Crippen molar-refractivity contribution < 1.29 is 39.3 Å². The highest BCUT2D eigenvalue weighted by Gasteiger charge is 2.61. The quantitative estimate of drug-likeness (QED) is 0.241. The second kappa shape index (κ2) is 5.62. The van der Waals surface area contributed by atoms with Gasteiger partial charge in [-0.1, -0.05) is 6.58 Å². The maximum atomic E-state index is 10.8. The van der Waals surface area contributed by atoms with Gasteiger partial charge in [-0.15, -0.1) is 0 Å². The number of rotatable bonds is 6. The maximum absolute atomic E-state index is 10.8. The lowest BCUT2D eigenvalue weighted by Crippen LogP contribution is -2.49. The second-order valence-electron chi connectivity index (χ2n) is 3.08. The molecule has 5 N–H and O–H groups in total. The monoisotopic (exact) mass is 288 g/mol. The van der Waals surface area contributed by atoms with Crippen LogP contribution in [0, 0.1) is 0 Å². The molecule has 0 fully saturated rings. The van der Waals surface area contributed by atoms with Gasteiger partial charge >= 0.3 is 13.0 Å². The number of carbonyl (C=O) groups excluding carboxylic acids is 1. The SMILES string of the molecule is C=CC(=O)NCCC(O)([P+]([O-])([O-])O)[P+]([O-])(O)O. The molecular formula is C6H12NO8P2-. The van der Waals surface area contributed by atoms with Crippen molar-refractivity contribution in [3.05, 3.63) is 12.7 Å². The minimum absolute atomic E-state index is 0.570. The lowest BCUT2D eigenvalue weighted by atomic mass is 10.4.